The molecule has 19 heavy (non-hydrogen) atoms. The minimum atomic E-state index is -0.652. The lowest BCUT2D eigenvalue weighted by atomic mass is 10.1. The van der Waals surface area contributed by atoms with Crippen LogP contribution in [0.1, 0.15) is 11.8 Å². The second-order valence-corrected chi connectivity index (χ2v) is 7.57. The number of hydrogen-bond acceptors (Lipinski definition) is 6. The molecule has 2 rings (SSSR count). The standard InChI is InChI=1S/C13H18N2OS3/c1-13(16,9-17-2)8-14-6-10-7-15-12(19-10)11-4-3-5-18-11/h3-5,7,14,16H,6,8-9H2,1-2H3. The summed E-state index contributed by atoms with van der Waals surface area (Å²) in [5, 5.41) is 16.5. The number of aromatic nitrogens is 1. The Labute approximate surface area is 126 Å². The Morgan fingerprint density at radius 3 is 3.05 bits per heavy atom. The van der Waals surface area contributed by atoms with Crippen molar-refractivity contribution in [2.45, 2.75) is 19.1 Å². The van der Waals surface area contributed by atoms with Crippen LogP contribution in [0.15, 0.2) is 23.7 Å². The van der Waals surface area contributed by atoms with Crippen LogP contribution in [-0.2, 0) is 6.54 Å². The molecule has 0 saturated carbocycles. The van der Waals surface area contributed by atoms with Gasteiger partial charge in [0.05, 0.1) is 10.5 Å². The summed E-state index contributed by atoms with van der Waals surface area (Å²) >= 11 is 5.07. The second-order valence-electron chi connectivity index (χ2n) is 4.64. The molecule has 2 heterocycles. The van der Waals surface area contributed by atoms with Gasteiger partial charge in [0.1, 0.15) is 5.01 Å². The highest BCUT2D eigenvalue weighted by molar-refractivity contribution is 7.98. The minimum absolute atomic E-state index is 0.597. The Kier molecular flexibility index (Phi) is 5.41. The van der Waals surface area contributed by atoms with Crippen LogP contribution in [0.5, 0.6) is 0 Å². The summed E-state index contributed by atoms with van der Waals surface area (Å²) in [6.45, 7) is 3.22. The number of thioether (sulfide) groups is 1. The lowest BCUT2D eigenvalue weighted by Crippen LogP contribution is -2.39. The van der Waals surface area contributed by atoms with Gasteiger partial charge in [-0.25, -0.2) is 4.98 Å². The van der Waals surface area contributed by atoms with Crippen LogP contribution >= 0.6 is 34.4 Å². The number of nitrogens with one attached hydrogen (secondary N) is 1. The molecule has 1 unspecified atom stereocenters. The molecule has 0 saturated heterocycles. The zero-order valence-corrected chi connectivity index (χ0v) is 13.5. The SMILES string of the molecule is CSCC(C)(O)CNCc1cnc(-c2cccs2)s1. The molecule has 104 valence electrons. The van der Waals surface area contributed by atoms with E-state index in [9.17, 15) is 5.11 Å². The maximum Gasteiger partial charge on any atom is 0.133 e. The van der Waals surface area contributed by atoms with Crippen LogP contribution in [0.4, 0.5) is 0 Å². The van der Waals surface area contributed by atoms with Crippen molar-refractivity contribution in [3.63, 3.8) is 0 Å². The number of thiophene rings is 1. The first-order valence-electron chi connectivity index (χ1n) is 6.01. The van der Waals surface area contributed by atoms with E-state index in [0.29, 0.717) is 6.54 Å². The van der Waals surface area contributed by atoms with Crippen LogP contribution in [0, 0.1) is 0 Å². The minimum Gasteiger partial charge on any atom is -0.388 e. The fourth-order valence-corrected chi connectivity index (χ4v) is 4.13. The summed E-state index contributed by atoms with van der Waals surface area (Å²) in [6.07, 6.45) is 3.92. The maximum absolute atomic E-state index is 10.1. The molecule has 2 aromatic heterocycles. The second kappa shape index (κ2) is 6.85. The van der Waals surface area contributed by atoms with Crippen LogP contribution in [0.2, 0.25) is 0 Å². The smallest absolute Gasteiger partial charge is 0.133 e. The van der Waals surface area contributed by atoms with Crippen LogP contribution in [0.25, 0.3) is 9.88 Å². The van der Waals surface area contributed by atoms with Crippen molar-refractivity contribution in [2.75, 3.05) is 18.6 Å². The van der Waals surface area contributed by atoms with Crippen LogP contribution in [0.3, 0.4) is 0 Å². The first-order chi connectivity index (χ1) is 9.11. The van der Waals surface area contributed by atoms with E-state index >= 15 is 0 Å². The summed E-state index contributed by atoms with van der Waals surface area (Å²) in [5.74, 6) is 0.739. The van der Waals surface area contributed by atoms with Gasteiger partial charge in [0.15, 0.2) is 0 Å². The van der Waals surface area contributed by atoms with Crippen LogP contribution < -0.4 is 5.32 Å². The average molecular weight is 315 g/mol. The Morgan fingerprint density at radius 1 is 1.53 bits per heavy atom. The molecule has 0 amide bonds. The summed E-state index contributed by atoms with van der Waals surface area (Å²) < 4.78 is 0. The van der Waals surface area contributed by atoms with Gasteiger partial charge in [-0.2, -0.15) is 11.8 Å². The maximum atomic E-state index is 10.1. The highest BCUT2D eigenvalue weighted by Gasteiger charge is 2.18. The van der Waals surface area contributed by atoms with Crippen molar-refractivity contribution >= 4 is 34.4 Å². The average Bonchev–Trinajstić information content (AvgIpc) is 2.98. The largest absolute Gasteiger partial charge is 0.388 e. The predicted molar refractivity (Wildman–Crippen MR) is 86.1 cm³/mol. The Balaban J connectivity index is 1.84. The van der Waals surface area contributed by atoms with E-state index in [1.165, 1.54) is 9.75 Å². The monoisotopic (exact) mass is 314 g/mol. The van der Waals surface area contributed by atoms with Gasteiger partial charge in [0.2, 0.25) is 0 Å². The molecular formula is C13H18N2OS3. The highest BCUT2D eigenvalue weighted by atomic mass is 32.2. The third-order valence-corrected chi connectivity index (χ3v) is 5.49. The van der Waals surface area contributed by atoms with E-state index in [1.54, 1.807) is 34.4 Å². The van der Waals surface area contributed by atoms with E-state index in [4.69, 9.17) is 0 Å². The van der Waals surface area contributed by atoms with Crippen molar-refractivity contribution < 1.29 is 5.11 Å². The molecule has 0 radical (unpaired) electrons. The van der Waals surface area contributed by atoms with Crippen molar-refractivity contribution in [1.82, 2.24) is 10.3 Å². The van der Waals surface area contributed by atoms with Gasteiger partial charge in [-0.05, 0) is 24.6 Å². The third-order valence-electron chi connectivity index (χ3n) is 2.55. The van der Waals surface area contributed by atoms with Gasteiger partial charge in [-0.3, -0.25) is 0 Å². The van der Waals surface area contributed by atoms with E-state index in [0.717, 1.165) is 17.3 Å². The normalized spacial score (nSPS) is 14.5. The number of hydrogen-bond donors (Lipinski definition) is 2. The number of rotatable bonds is 7. The van der Waals surface area contributed by atoms with Gasteiger partial charge < -0.3 is 10.4 Å². The summed E-state index contributed by atoms with van der Waals surface area (Å²) in [6, 6.07) is 4.13. The van der Waals surface area contributed by atoms with Crippen molar-refractivity contribution in [2.24, 2.45) is 0 Å². The molecule has 2 N–H and O–H groups in total. The van der Waals surface area contributed by atoms with Crippen molar-refractivity contribution in [3.05, 3.63) is 28.6 Å². The molecule has 3 nitrogen and oxygen atoms in total. The Bertz CT molecular complexity index is 494. The lowest BCUT2D eigenvalue weighted by Gasteiger charge is -2.22. The first kappa shape index (κ1) is 15.0. The summed E-state index contributed by atoms with van der Waals surface area (Å²) in [4.78, 5) is 6.84. The lowest BCUT2D eigenvalue weighted by molar-refractivity contribution is 0.0846. The molecule has 0 aliphatic carbocycles. The zero-order valence-electron chi connectivity index (χ0n) is 11.0. The van der Waals surface area contributed by atoms with Gasteiger partial charge >= 0.3 is 0 Å². The fourth-order valence-electron chi connectivity index (χ4n) is 1.72. The molecule has 0 bridgehead atoms. The molecular weight excluding hydrogens is 296 g/mol. The van der Waals surface area contributed by atoms with Crippen molar-refractivity contribution in [3.8, 4) is 9.88 Å². The van der Waals surface area contributed by atoms with Gasteiger partial charge in [0.25, 0.3) is 0 Å². The summed E-state index contributed by atoms with van der Waals surface area (Å²) in [7, 11) is 0. The Morgan fingerprint density at radius 2 is 2.37 bits per heavy atom. The van der Waals surface area contributed by atoms with Gasteiger partial charge in [-0.15, -0.1) is 22.7 Å². The number of nitrogens with zero attached hydrogens (tertiary/aromatic N) is 1. The third kappa shape index (κ3) is 4.57. The number of aliphatic hydroxyl groups is 1. The van der Waals surface area contributed by atoms with Crippen LogP contribution in [-0.4, -0.2) is 34.2 Å². The topological polar surface area (TPSA) is 45.1 Å². The van der Waals surface area contributed by atoms with E-state index < -0.39 is 5.60 Å². The fraction of sp³-hybridized carbons (Fsp3) is 0.462. The molecule has 2 aromatic rings. The van der Waals surface area contributed by atoms with Crippen molar-refractivity contribution in [1.29, 1.82) is 0 Å². The highest BCUT2D eigenvalue weighted by Crippen LogP contribution is 2.28. The Hall–Kier alpha value is -0.400. The zero-order chi connectivity index (χ0) is 13.7. The molecule has 0 aliphatic rings. The number of thiazole rings is 1. The van der Waals surface area contributed by atoms with Gasteiger partial charge in [-0.1, -0.05) is 6.07 Å². The quantitative estimate of drug-likeness (QED) is 0.824. The van der Waals surface area contributed by atoms with E-state index in [-0.39, 0.29) is 0 Å². The molecule has 1 atom stereocenters. The van der Waals surface area contributed by atoms with Gasteiger partial charge in [0, 0.05) is 29.9 Å². The molecule has 6 heteroatoms. The predicted octanol–water partition coefficient (Wildman–Crippen LogP) is 3.08. The molecule has 0 aliphatic heterocycles. The molecule has 0 aromatic carbocycles. The van der Waals surface area contributed by atoms with E-state index in [1.807, 2.05) is 25.4 Å². The summed E-state index contributed by atoms with van der Waals surface area (Å²) in [5.41, 5.74) is -0.652. The van der Waals surface area contributed by atoms with E-state index in [2.05, 4.69) is 21.7 Å². The molecule has 0 fully saturated rings. The first-order valence-corrected chi connectivity index (χ1v) is 9.10. The molecule has 0 spiro atoms.